The van der Waals surface area contributed by atoms with E-state index in [4.69, 9.17) is 9.47 Å². The van der Waals surface area contributed by atoms with E-state index in [1.165, 1.54) is 16.3 Å². The number of nitrogens with one attached hydrogen (secondary N) is 1. The van der Waals surface area contributed by atoms with Gasteiger partial charge in [-0.15, -0.1) is 0 Å². The predicted octanol–water partition coefficient (Wildman–Crippen LogP) is 7.56. The van der Waals surface area contributed by atoms with Crippen LogP contribution < -0.4 is 9.46 Å². The first-order chi connectivity index (χ1) is 25.0. The highest BCUT2D eigenvalue weighted by molar-refractivity contribution is 7.81. The van der Waals surface area contributed by atoms with Crippen molar-refractivity contribution < 1.29 is 23.3 Å². The molecule has 0 radical (unpaired) electrons. The van der Waals surface area contributed by atoms with Crippen molar-refractivity contribution in [3.8, 4) is 17.0 Å². The van der Waals surface area contributed by atoms with E-state index >= 15 is 0 Å². The Morgan fingerprint density at radius 2 is 1.79 bits per heavy atom. The monoisotopic (exact) mass is 724 g/mol. The number of nitrogens with zero attached hydrogens (tertiary/aromatic N) is 3. The Bertz CT molecular complexity index is 1980. The number of ether oxygens (including phenoxy) is 2. The molecule has 2 fully saturated rings. The first kappa shape index (κ1) is 36.4. The van der Waals surface area contributed by atoms with Crippen molar-refractivity contribution in [2.45, 2.75) is 97.0 Å². The van der Waals surface area contributed by atoms with Gasteiger partial charge in [-0.2, -0.15) is 0 Å². The zero-order valence-electron chi connectivity index (χ0n) is 31.3. The Morgan fingerprint density at radius 3 is 2.50 bits per heavy atom. The van der Waals surface area contributed by atoms with Crippen molar-refractivity contribution in [1.82, 2.24) is 18.5 Å². The molecule has 2 aliphatic heterocycles. The van der Waals surface area contributed by atoms with Crippen molar-refractivity contribution in [1.29, 1.82) is 0 Å². The molecule has 52 heavy (non-hydrogen) atoms. The summed E-state index contributed by atoms with van der Waals surface area (Å²) in [5, 5.41) is 1.09. The SMILES string of the molecule is CCCCCC(C)c1c2n(c3cc(C(=O)NS(=O)N(C)C)ccc13)CC1(C(=O)N3C[C@@H](C)O[C@@H](C)C3)CC1c1cc(OCc3ccccc3)ccc1-2. The predicted molar refractivity (Wildman–Crippen MR) is 206 cm³/mol. The number of hydrogen-bond donors (Lipinski definition) is 1. The van der Waals surface area contributed by atoms with E-state index in [2.05, 4.69) is 59.5 Å². The number of morpholine rings is 1. The minimum Gasteiger partial charge on any atom is -0.489 e. The third-order valence-electron chi connectivity index (χ3n) is 11.2. The van der Waals surface area contributed by atoms with Crippen LogP contribution in [-0.2, 0) is 33.9 Å². The molecule has 10 heteroatoms. The summed E-state index contributed by atoms with van der Waals surface area (Å²) in [6.45, 7) is 10.7. The number of fused-ring (bicyclic) bond motifs is 7. The van der Waals surface area contributed by atoms with Crippen molar-refractivity contribution >= 4 is 33.9 Å². The van der Waals surface area contributed by atoms with E-state index in [9.17, 15) is 13.8 Å². The quantitative estimate of drug-likeness (QED) is 0.152. The summed E-state index contributed by atoms with van der Waals surface area (Å²) in [5.41, 5.74) is 6.47. The Morgan fingerprint density at radius 1 is 1.04 bits per heavy atom. The van der Waals surface area contributed by atoms with Crippen LogP contribution in [0.5, 0.6) is 5.75 Å². The normalized spacial score (nSPS) is 23.3. The second-order valence-electron chi connectivity index (χ2n) is 15.4. The zero-order chi connectivity index (χ0) is 36.7. The first-order valence-corrected chi connectivity index (χ1v) is 19.9. The summed E-state index contributed by atoms with van der Waals surface area (Å²) in [6, 6.07) is 22.4. The molecule has 1 aliphatic carbocycles. The average molecular weight is 725 g/mol. The number of hydrogen-bond acceptors (Lipinski definition) is 5. The van der Waals surface area contributed by atoms with Gasteiger partial charge in [0.1, 0.15) is 12.4 Å². The number of amides is 2. The van der Waals surface area contributed by atoms with Crippen molar-refractivity contribution in [2.75, 3.05) is 27.2 Å². The van der Waals surface area contributed by atoms with Crippen LogP contribution in [0, 0.1) is 5.41 Å². The maximum Gasteiger partial charge on any atom is 0.264 e. The lowest BCUT2D eigenvalue weighted by Crippen LogP contribution is -2.51. The second kappa shape index (κ2) is 14.8. The number of carbonyl (C=O) groups is 2. The molecule has 1 saturated heterocycles. The summed E-state index contributed by atoms with van der Waals surface area (Å²) in [5.74, 6) is 0.830. The molecule has 4 aromatic rings. The van der Waals surface area contributed by atoms with Crippen LogP contribution in [0.4, 0.5) is 0 Å². The highest BCUT2D eigenvalue weighted by atomic mass is 32.2. The van der Waals surface area contributed by atoms with Gasteiger partial charge < -0.3 is 18.9 Å². The molecule has 1 aromatic heterocycles. The largest absolute Gasteiger partial charge is 0.489 e. The summed E-state index contributed by atoms with van der Waals surface area (Å²) in [6.07, 6.45) is 5.14. The molecule has 1 saturated carbocycles. The lowest BCUT2D eigenvalue weighted by molar-refractivity contribution is -0.149. The van der Waals surface area contributed by atoms with Crippen LogP contribution in [0.1, 0.15) is 98.7 Å². The molecule has 0 bridgehead atoms. The molecule has 7 rings (SSSR count). The fraction of sp³-hybridized carbons (Fsp3) is 0.476. The number of benzene rings is 3. The Hall–Kier alpha value is -3.99. The molecule has 0 spiro atoms. The van der Waals surface area contributed by atoms with Crippen LogP contribution >= 0.6 is 0 Å². The van der Waals surface area contributed by atoms with Crippen LogP contribution in [0.2, 0.25) is 0 Å². The maximum absolute atomic E-state index is 14.9. The number of aromatic nitrogens is 1. The smallest absolute Gasteiger partial charge is 0.264 e. The lowest BCUT2D eigenvalue weighted by atomic mass is 9.88. The molecule has 3 aromatic carbocycles. The van der Waals surface area contributed by atoms with E-state index in [0.717, 1.165) is 64.7 Å². The molecule has 3 aliphatic rings. The molecule has 2 amide bonds. The minimum absolute atomic E-state index is 0.0240. The van der Waals surface area contributed by atoms with Crippen LogP contribution in [-0.4, -0.2) is 69.2 Å². The Labute approximate surface area is 310 Å². The molecule has 6 atom stereocenters. The van der Waals surface area contributed by atoms with Crippen LogP contribution in [0.25, 0.3) is 22.2 Å². The molecule has 4 unspecified atom stereocenters. The van der Waals surface area contributed by atoms with Crippen LogP contribution in [0.3, 0.4) is 0 Å². The van der Waals surface area contributed by atoms with Gasteiger partial charge in [0.05, 0.1) is 23.3 Å². The molecular weight excluding hydrogens is 673 g/mol. The third-order valence-corrected chi connectivity index (χ3v) is 12.2. The summed E-state index contributed by atoms with van der Waals surface area (Å²) in [4.78, 5) is 30.4. The fourth-order valence-electron chi connectivity index (χ4n) is 8.55. The van der Waals surface area contributed by atoms with Gasteiger partial charge in [-0.3, -0.25) is 14.3 Å². The fourth-order valence-corrected chi connectivity index (χ4v) is 9.01. The zero-order valence-corrected chi connectivity index (χ0v) is 32.1. The summed E-state index contributed by atoms with van der Waals surface area (Å²) >= 11 is -1.66. The highest BCUT2D eigenvalue weighted by Crippen LogP contribution is 2.66. The molecule has 3 heterocycles. The maximum atomic E-state index is 14.9. The molecule has 1 N–H and O–H groups in total. The standard InChI is InChI=1S/C42H52N4O5S/c1-7-8-10-13-27(2)38-34-18-16-31(40(47)43-52(49)44(5)6)20-37(34)46-26-42(41(48)45-23-28(3)51-29(4)24-45)22-36(42)35-21-32(17-19-33(35)39(38)46)50-25-30-14-11-9-12-15-30/h9,11-12,14-21,27-29,36H,7-8,10,13,22-26H2,1-6H3,(H,43,47)/t27?,28-,29+,36?,42?,52?. The second-order valence-corrected chi connectivity index (χ2v) is 16.8. The van der Waals surface area contributed by atoms with Gasteiger partial charge in [0.2, 0.25) is 5.91 Å². The van der Waals surface area contributed by atoms with Gasteiger partial charge in [-0.1, -0.05) is 69.5 Å². The van der Waals surface area contributed by atoms with E-state index in [1.54, 1.807) is 14.1 Å². The lowest BCUT2D eigenvalue weighted by Gasteiger charge is -2.37. The van der Waals surface area contributed by atoms with Crippen LogP contribution in [0.15, 0.2) is 66.7 Å². The van der Waals surface area contributed by atoms with Crippen molar-refractivity contribution in [2.24, 2.45) is 5.41 Å². The minimum atomic E-state index is -1.66. The molecule has 9 nitrogen and oxygen atoms in total. The van der Waals surface area contributed by atoms with Crippen molar-refractivity contribution in [3.05, 3.63) is 89.0 Å². The van der Waals surface area contributed by atoms with E-state index in [-0.39, 0.29) is 30.0 Å². The third kappa shape index (κ3) is 6.93. The highest BCUT2D eigenvalue weighted by Gasteiger charge is 2.64. The first-order valence-electron chi connectivity index (χ1n) is 18.8. The molecular formula is C42H52N4O5S. The average Bonchev–Trinajstić information content (AvgIpc) is 3.80. The Balaban J connectivity index is 1.39. The van der Waals surface area contributed by atoms with Crippen molar-refractivity contribution in [3.63, 3.8) is 0 Å². The molecule has 276 valence electrons. The topological polar surface area (TPSA) is 93.1 Å². The van der Waals surface area contributed by atoms with Gasteiger partial charge in [0.15, 0.2) is 11.2 Å². The van der Waals surface area contributed by atoms with Gasteiger partial charge in [0.25, 0.3) is 5.91 Å². The summed E-state index contributed by atoms with van der Waals surface area (Å²) in [7, 11) is 3.32. The van der Waals surface area contributed by atoms with Gasteiger partial charge in [-0.05, 0) is 79.6 Å². The van der Waals surface area contributed by atoms with E-state index < -0.39 is 22.5 Å². The number of unbranched alkanes of at least 4 members (excludes halogenated alkanes) is 2. The Kier molecular flexibility index (Phi) is 10.3. The van der Waals surface area contributed by atoms with Gasteiger partial charge in [0, 0.05) is 61.7 Å². The van der Waals surface area contributed by atoms with E-state index in [1.807, 2.05) is 49.1 Å². The number of rotatable bonds is 12. The summed E-state index contributed by atoms with van der Waals surface area (Å²) < 4.78 is 31.4. The van der Waals surface area contributed by atoms with E-state index in [0.29, 0.717) is 31.8 Å². The van der Waals surface area contributed by atoms with Gasteiger partial charge in [-0.25, -0.2) is 8.51 Å². The van der Waals surface area contributed by atoms with Gasteiger partial charge >= 0.3 is 0 Å². The number of carbonyl (C=O) groups excluding carboxylic acids is 2.